The Labute approximate surface area is 117 Å². The van der Waals surface area contributed by atoms with Gasteiger partial charge in [0.1, 0.15) is 5.75 Å². The summed E-state index contributed by atoms with van der Waals surface area (Å²) in [7, 11) is 0. The molecule has 0 aromatic carbocycles. The quantitative estimate of drug-likeness (QED) is 0.674. The largest absolute Gasteiger partial charge is 0.506 e. The number of carbonyl (C=O) groups is 2. The summed E-state index contributed by atoms with van der Waals surface area (Å²) in [5, 5.41) is 20.6. The van der Waals surface area contributed by atoms with Gasteiger partial charge >= 0.3 is 5.97 Å². The van der Waals surface area contributed by atoms with Crippen LogP contribution in [0.5, 0.6) is 5.75 Å². The summed E-state index contributed by atoms with van der Waals surface area (Å²) in [5.41, 5.74) is 0.309. The number of amides is 1. The topological polar surface area (TPSA) is 99.5 Å². The number of carbonyl (C=O) groups excluding carboxylic acids is 1. The molecule has 0 saturated carbocycles. The number of hydrogen-bond donors (Lipinski definition) is 3. The zero-order chi connectivity index (χ0) is 15.0. The van der Waals surface area contributed by atoms with Crippen molar-refractivity contribution in [2.45, 2.75) is 32.6 Å². The zero-order valence-electron chi connectivity index (χ0n) is 11.5. The van der Waals surface area contributed by atoms with E-state index in [1.165, 1.54) is 18.5 Å². The van der Waals surface area contributed by atoms with Crippen LogP contribution in [0.15, 0.2) is 18.5 Å². The lowest BCUT2D eigenvalue weighted by Gasteiger charge is -2.14. The minimum atomic E-state index is -0.793. The van der Waals surface area contributed by atoms with Crippen LogP contribution < -0.4 is 5.32 Å². The van der Waals surface area contributed by atoms with Crippen LogP contribution in [0.3, 0.4) is 0 Å². The number of aliphatic carboxylic acids is 1. The SMILES string of the molecule is CCC(CCNC(=O)c1cncc(O)c1)CCC(=O)O. The van der Waals surface area contributed by atoms with E-state index in [9.17, 15) is 14.7 Å². The number of aromatic hydroxyl groups is 1. The van der Waals surface area contributed by atoms with Crippen molar-refractivity contribution < 1.29 is 19.8 Å². The molecule has 1 aromatic rings. The smallest absolute Gasteiger partial charge is 0.303 e. The number of hydrogen-bond acceptors (Lipinski definition) is 4. The Morgan fingerprint density at radius 2 is 2.10 bits per heavy atom. The minimum absolute atomic E-state index is 0.0504. The normalized spacial score (nSPS) is 11.8. The van der Waals surface area contributed by atoms with Crippen molar-refractivity contribution >= 4 is 11.9 Å². The summed E-state index contributed by atoms with van der Waals surface area (Å²) in [6.45, 7) is 2.49. The molecule has 20 heavy (non-hydrogen) atoms. The Morgan fingerprint density at radius 3 is 2.70 bits per heavy atom. The first-order chi connectivity index (χ1) is 9.52. The molecule has 0 aliphatic rings. The Bertz CT molecular complexity index is 462. The highest BCUT2D eigenvalue weighted by atomic mass is 16.4. The lowest BCUT2D eigenvalue weighted by atomic mass is 9.96. The molecule has 0 fully saturated rings. The summed E-state index contributed by atoms with van der Waals surface area (Å²) < 4.78 is 0. The summed E-state index contributed by atoms with van der Waals surface area (Å²) in [4.78, 5) is 26.0. The minimum Gasteiger partial charge on any atom is -0.506 e. The number of carboxylic acids is 1. The van der Waals surface area contributed by atoms with E-state index in [1.54, 1.807) is 0 Å². The van der Waals surface area contributed by atoms with Crippen molar-refractivity contribution in [3.8, 4) is 5.75 Å². The van der Waals surface area contributed by atoms with Gasteiger partial charge in [-0.05, 0) is 24.8 Å². The van der Waals surface area contributed by atoms with Gasteiger partial charge in [0.2, 0.25) is 0 Å². The van der Waals surface area contributed by atoms with Gasteiger partial charge in [-0.2, -0.15) is 0 Å². The fraction of sp³-hybridized carbons (Fsp3) is 0.500. The van der Waals surface area contributed by atoms with Crippen molar-refractivity contribution in [2.24, 2.45) is 5.92 Å². The highest BCUT2D eigenvalue weighted by molar-refractivity contribution is 5.94. The Balaban J connectivity index is 2.35. The number of pyridine rings is 1. The first kappa shape index (κ1) is 15.9. The molecule has 6 nitrogen and oxygen atoms in total. The summed E-state index contributed by atoms with van der Waals surface area (Å²) >= 11 is 0. The van der Waals surface area contributed by atoms with Gasteiger partial charge in [-0.25, -0.2) is 0 Å². The van der Waals surface area contributed by atoms with E-state index in [0.29, 0.717) is 18.5 Å². The van der Waals surface area contributed by atoms with Gasteiger partial charge in [0.05, 0.1) is 11.8 Å². The molecule has 0 aliphatic carbocycles. The van der Waals surface area contributed by atoms with Gasteiger partial charge in [0.25, 0.3) is 5.91 Å². The number of aromatic nitrogens is 1. The van der Waals surface area contributed by atoms with Gasteiger partial charge in [0.15, 0.2) is 0 Å². The van der Waals surface area contributed by atoms with Crippen molar-refractivity contribution in [2.75, 3.05) is 6.54 Å². The average molecular weight is 280 g/mol. The molecule has 0 aliphatic heterocycles. The molecule has 6 heteroatoms. The lowest BCUT2D eigenvalue weighted by Crippen LogP contribution is -2.26. The van der Waals surface area contributed by atoms with Crippen molar-refractivity contribution in [1.29, 1.82) is 0 Å². The van der Waals surface area contributed by atoms with E-state index < -0.39 is 5.97 Å². The van der Waals surface area contributed by atoms with Gasteiger partial charge in [-0.3, -0.25) is 14.6 Å². The van der Waals surface area contributed by atoms with Gasteiger partial charge in [0, 0.05) is 19.2 Å². The maximum absolute atomic E-state index is 11.8. The van der Waals surface area contributed by atoms with E-state index in [2.05, 4.69) is 10.3 Å². The zero-order valence-corrected chi connectivity index (χ0v) is 11.5. The lowest BCUT2D eigenvalue weighted by molar-refractivity contribution is -0.137. The third-order valence-electron chi connectivity index (χ3n) is 3.17. The molecule has 1 rings (SSSR count). The first-order valence-corrected chi connectivity index (χ1v) is 6.67. The van der Waals surface area contributed by atoms with Crippen LogP contribution in [-0.4, -0.2) is 33.6 Å². The highest BCUT2D eigenvalue weighted by Crippen LogP contribution is 2.15. The second-order valence-corrected chi connectivity index (χ2v) is 4.68. The fourth-order valence-corrected chi connectivity index (χ4v) is 1.92. The molecule has 1 atom stereocenters. The van der Waals surface area contributed by atoms with Crippen LogP contribution in [0, 0.1) is 5.92 Å². The Morgan fingerprint density at radius 1 is 1.35 bits per heavy atom. The number of nitrogens with one attached hydrogen (secondary N) is 1. The van der Waals surface area contributed by atoms with Crippen molar-refractivity contribution in [3.05, 3.63) is 24.0 Å². The van der Waals surface area contributed by atoms with Gasteiger partial charge in [-0.15, -0.1) is 0 Å². The van der Waals surface area contributed by atoms with E-state index in [-0.39, 0.29) is 24.0 Å². The van der Waals surface area contributed by atoms with Crippen LogP contribution >= 0.6 is 0 Å². The molecule has 0 spiro atoms. The van der Waals surface area contributed by atoms with E-state index in [0.717, 1.165) is 12.8 Å². The molecular weight excluding hydrogens is 260 g/mol. The molecule has 0 saturated heterocycles. The molecule has 110 valence electrons. The predicted molar refractivity (Wildman–Crippen MR) is 73.5 cm³/mol. The standard InChI is InChI=1S/C14H20N2O4/c1-2-10(3-4-13(18)19)5-6-16-14(20)11-7-12(17)9-15-8-11/h7-10,17H,2-6H2,1H3,(H,16,20)(H,18,19). The average Bonchev–Trinajstić information content (AvgIpc) is 2.42. The Hall–Kier alpha value is -2.11. The third-order valence-corrected chi connectivity index (χ3v) is 3.17. The van der Waals surface area contributed by atoms with Crippen LogP contribution in [-0.2, 0) is 4.79 Å². The van der Waals surface area contributed by atoms with Gasteiger partial charge < -0.3 is 15.5 Å². The van der Waals surface area contributed by atoms with Crippen LogP contribution in [0.2, 0.25) is 0 Å². The fourth-order valence-electron chi connectivity index (χ4n) is 1.92. The molecule has 1 heterocycles. The van der Waals surface area contributed by atoms with Crippen molar-refractivity contribution in [3.63, 3.8) is 0 Å². The summed E-state index contributed by atoms with van der Waals surface area (Å²) in [5.74, 6) is -0.848. The number of nitrogens with zero attached hydrogens (tertiary/aromatic N) is 1. The maximum atomic E-state index is 11.8. The monoisotopic (exact) mass is 280 g/mol. The van der Waals surface area contributed by atoms with Crippen LogP contribution in [0.1, 0.15) is 43.0 Å². The highest BCUT2D eigenvalue weighted by Gasteiger charge is 2.11. The maximum Gasteiger partial charge on any atom is 0.303 e. The summed E-state index contributed by atoms with van der Waals surface area (Å²) in [6, 6.07) is 1.35. The van der Waals surface area contributed by atoms with E-state index in [1.807, 2.05) is 6.92 Å². The molecule has 1 aromatic heterocycles. The molecule has 1 unspecified atom stereocenters. The summed E-state index contributed by atoms with van der Waals surface area (Å²) in [6.07, 6.45) is 5.05. The second-order valence-electron chi connectivity index (χ2n) is 4.68. The third kappa shape index (κ3) is 5.69. The van der Waals surface area contributed by atoms with Crippen molar-refractivity contribution in [1.82, 2.24) is 10.3 Å². The van der Waals surface area contributed by atoms with Gasteiger partial charge in [-0.1, -0.05) is 13.3 Å². The van der Waals surface area contributed by atoms with E-state index in [4.69, 9.17) is 5.11 Å². The Kier molecular flexibility index (Phi) is 6.49. The molecular formula is C14H20N2O4. The first-order valence-electron chi connectivity index (χ1n) is 6.67. The van der Waals surface area contributed by atoms with Crippen LogP contribution in [0.25, 0.3) is 0 Å². The predicted octanol–water partition coefficient (Wildman–Crippen LogP) is 1.80. The molecule has 3 N–H and O–H groups in total. The molecule has 1 amide bonds. The number of rotatable bonds is 8. The second kappa shape index (κ2) is 8.14. The van der Waals surface area contributed by atoms with Crippen LogP contribution in [0.4, 0.5) is 0 Å². The van der Waals surface area contributed by atoms with E-state index >= 15 is 0 Å². The molecule has 0 bridgehead atoms. The number of carboxylic acid groups (broad SMARTS) is 1. The molecule has 0 radical (unpaired) electrons.